The van der Waals surface area contributed by atoms with Crippen LogP contribution in [0.3, 0.4) is 0 Å². The predicted molar refractivity (Wildman–Crippen MR) is 77.4 cm³/mol. The number of nitrogens with zero attached hydrogens (tertiary/aromatic N) is 2. The summed E-state index contributed by atoms with van der Waals surface area (Å²) in [6.45, 7) is 5.02. The zero-order valence-corrected chi connectivity index (χ0v) is 12.5. The molecule has 112 valence electrons. The molecule has 1 saturated carbocycles. The number of methoxy groups -OCH3 is 1. The number of nitrogens with one attached hydrogen (secondary N) is 1. The first kappa shape index (κ1) is 15.4. The van der Waals surface area contributed by atoms with Crippen LogP contribution >= 0.6 is 0 Å². The van der Waals surface area contributed by atoms with Crippen molar-refractivity contribution in [2.75, 3.05) is 26.9 Å². The molecular formula is C15H25N3O2. The number of ether oxygens (including phenoxy) is 2. The summed E-state index contributed by atoms with van der Waals surface area (Å²) in [5.41, 5.74) is 0.758. The van der Waals surface area contributed by atoms with Crippen LogP contribution in [0.1, 0.15) is 44.1 Å². The fourth-order valence-corrected chi connectivity index (χ4v) is 2.76. The van der Waals surface area contributed by atoms with Crippen LogP contribution in [0.2, 0.25) is 0 Å². The Hall–Kier alpha value is -1.04. The van der Waals surface area contributed by atoms with E-state index in [2.05, 4.69) is 10.3 Å². The Labute approximate surface area is 121 Å². The van der Waals surface area contributed by atoms with Gasteiger partial charge < -0.3 is 14.8 Å². The van der Waals surface area contributed by atoms with Crippen LogP contribution in [0, 0.1) is 0 Å². The highest BCUT2D eigenvalue weighted by Crippen LogP contribution is 2.40. The maximum Gasteiger partial charge on any atom is 0.160 e. The molecule has 1 aromatic rings. The van der Waals surface area contributed by atoms with Crippen molar-refractivity contribution in [1.29, 1.82) is 0 Å². The van der Waals surface area contributed by atoms with Crippen LogP contribution in [0.15, 0.2) is 12.3 Å². The van der Waals surface area contributed by atoms with E-state index in [-0.39, 0.29) is 5.60 Å². The van der Waals surface area contributed by atoms with Crippen LogP contribution in [0.4, 0.5) is 0 Å². The summed E-state index contributed by atoms with van der Waals surface area (Å²) in [7, 11) is 1.70. The Morgan fingerprint density at radius 1 is 1.35 bits per heavy atom. The lowest BCUT2D eigenvalue weighted by Crippen LogP contribution is -2.29. The van der Waals surface area contributed by atoms with E-state index >= 15 is 0 Å². The fourth-order valence-electron chi connectivity index (χ4n) is 2.76. The summed E-state index contributed by atoms with van der Waals surface area (Å²) in [5.74, 6) is 0.850. The molecule has 0 aliphatic heterocycles. The van der Waals surface area contributed by atoms with Crippen LogP contribution in [0.5, 0.6) is 0 Å². The molecular weight excluding hydrogens is 254 g/mol. The Bertz CT molecular complexity index is 406. The van der Waals surface area contributed by atoms with Crippen molar-refractivity contribution in [1.82, 2.24) is 15.3 Å². The normalized spacial score (nSPS) is 17.5. The summed E-state index contributed by atoms with van der Waals surface area (Å²) in [6, 6.07) is 1.96. The van der Waals surface area contributed by atoms with Gasteiger partial charge in [0.1, 0.15) is 5.60 Å². The molecule has 0 spiro atoms. The third kappa shape index (κ3) is 3.75. The van der Waals surface area contributed by atoms with Gasteiger partial charge in [-0.1, -0.05) is 0 Å². The number of rotatable bonds is 8. The second-order valence-electron chi connectivity index (χ2n) is 5.18. The maximum absolute atomic E-state index is 6.01. The average Bonchev–Trinajstić information content (AvgIpc) is 2.94. The van der Waals surface area contributed by atoms with Gasteiger partial charge in [-0.05, 0) is 38.7 Å². The van der Waals surface area contributed by atoms with Crippen molar-refractivity contribution in [2.45, 2.75) is 44.8 Å². The quantitative estimate of drug-likeness (QED) is 0.738. The van der Waals surface area contributed by atoms with Gasteiger partial charge in [0.2, 0.25) is 0 Å². The molecule has 5 heteroatoms. The van der Waals surface area contributed by atoms with E-state index in [9.17, 15) is 0 Å². The zero-order chi connectivity index (χ0) is 14.3. The van der Waals surface area contributed by atoms with Crippen molar-refractivity contribution in [3.05, 3.63) is 23.8 Å². The molecule has 0 aromatic carbocycles. The van der Waals surface area contributed by atoms with Crippen molar-refractivity contribution in [3.8, 4) is 0 Å². The second-order valence-corrected chi connectivity index (χ2v) is 5.18. The molecule has 2 rings (SSSR count). The largest absolute Gasteiger partial charge is 0.383 e. The van der Waals surface area contributed by atoms with E-state index < -0.39 is 0 Å². The number of aromatic nitrogens is 2. The first-order valence-corrected chi connectivity index (χ1v) is 7.47. The average molecular weight is 279 g/mol. The summed E-state index contributed by atoms with van der Waals surface area (Å²) in [5, 5.41) is 3.31. The van der Waals surface area contributed by atoms with E-state index in [1.807, 2.05) is 19.2 Å². The molecule has 1 N–H and O–H groups in total. The minimum absolute atomic E-state index is 0.253. The Morgan fingerprint density at radius 3 is 2.85 bits per heavy atom. The van der Waals surface area contributed by atoms with Crippen molar-refractivity contribution < 1.29 is 9.47 Å². The molecule has 1 aliphatic rings. The van der Waals surface area contributed by atoms with E-state index in [0.717, 1.165) is 37.4 Å². The molecule has 1 aromatic heterocycles. The van der Waals surface area contributed by atoms with Gasteiger partial charge in [-0.25, -0.2) is 9.97 Å². The lowest BCUT2D eigenvalue weighted by atomic mass is 10.0. The highest BCUT2D eigenvalue weighted by molar-refractivity contribution is 5.10. The molecule has 1 aliphatic carbocycles. The molecule has 1 fully saturated rings. The van der Waals surface area contributed by atoms with E-state index in [1.165, 1.54) is 12.8 Å². The number of hydrogen-bond acceptors (Lipinski definition) is 5. The SMILES string of the molecule is CCOC1(c2nccc(CNCCOC)n2)CCCC1. The minimum atomic E-state index is -0.253. The monoisotopic (exact) mass is 279 g/mol. The molecule has 0 atom stereocenters. The maximum atomic E-state index is 6.01. The topological polar surface area (TPSA) is 56.3 Å². The molecule has 0 saturated heterocycles. The van der Waals surface area contributed by atoms with Gasteiger partial charge in [-0.3, -0.25) is 0 Å². The molecule has 0 unspecified atom stereocenters. The van der Waals surface area contributed by atoms with Gasteiger partial charge in [0.25, 0.3) is 0 Å². The summed E-state index contributed by atoms with van der Waals surface area (Å²) >= 11 is 0. The molecule has 20 heavy (non-hydrogen) atoms. The standard InChI is InChI=1S/C15H25N3O2/c1-3-20-15(7-4-5-8-15)14-17-9-6-13(18-14)12-16-10-11-19-2/h6,9,16H,3-5,7-8,10-12H2,1-2H3. The summed E-state index contributed by atoms with van der Waals surface area (Å²) in [4.78, 5) is 9.17. The molecule has 0 bridgehead atoms. The summed E-state index contributed by atoms with van der Waals surface area (Å²) < 4.78 is 11.0. The Morgan fingerprint density at radius 2 is 2.15 bits per heavy atom. The Balaban J connectivity index is 2.04. The Kier molecular flexibility index (Phi) is 5.88. The van der Waals surface area contributed by atoms with Crippen LogP contribution < -0.4 is 5.32 Å². The first-order chi connectivity index (χ1) is 9.80. The van der Waals surface area contributed by atoms with Gasteiger partial charge in [0.05, 0.1) is 12.3 Å². The van der Waals surface area contributed by atoms with Crippen molar-refractivity contribution in [2.24, 2.45) is 0 Å². The molecule has 0 amide bonds. The third-order valence-corrected chi connectivity index (χ3v) is 3.74. The van der Waals surface area contributed by atoms with E-state index in [1.54, 1.807) is 7.11 Å². The van der Waals surface area contributed by atoms with Gasteiger partial charge in [0, 0.05) is 33.0 Å². The van der Waals surface area contributed by atoms with Gasteiger partial charge in [0.15, 0.2) is 5.82 Å². The summed E-state index contributed by atoms with van der Waals surface area (Å²) in [6.07, 6.45) is 6.29. The van der Waals surface area contributed by atoms with Crippen molar-refractivity contribution in [3.63, 3.8) is 0 Å². The van der Waals surface area contributed by atoms with Gasteiger partial charge in [-0.15, -0.1) is 0 Å². The lowest BCUT2D eigenvalue weighted by Gasteiger charge is -2.27. The predicted octanol–water partition coefficient (Wildman–Crippen LogP) is 2.02. The third-order valence-electron chi connectivity index (χ3n) is 3.74. The minimum Gasteiger partial charge on any atom is -0.383 e. The fraction of sp³-hybridized carbons (Fsp3) is 0.733. The van der Waals surface area contributed by atoms with E-state index in [4.69, 9.17) is 14.5 Å². The van der Waals surface area contributed by atoms with E-state index in [0.29, 0.717) is 13.2 Å². The lowest BCUT2D eigenvalue weighted by molar-refractivity contribution is -0.0458. The highest BCUT2D eigenvalue weighted by Gasteiger charge is 2.39. The van der Waals surface area contributed by atoms with Gasteiger partial charge >= 0.3 is 0 Å². The van der Waals surface area contributed by atoms with Crippen LogP contribution in [-0.2, 0) is 21.6 Å². The van der Waals surface area contributed by atoms with Gasteiger partial charge in [-0.2, -0.15) is 0 Å². The first-order valence-electron chi connectivity index (χ1n) is 7.47. The van der Waals surface area contributed by atoms with Crippen LogP contribution in [-0.4, -0.2) is 36.8 Å². The van der Waals surface area contributed by atoms with Crippen molar-refractivity contribution >= 4 is 0 Å². The van der Waals surface area contributed by atoms with Crippen LogP contribution in [0.25, 0.3) is 0 Å². The molecule has 0 radical (unpaired) electrons. The highest BCUT2D eigenvalue weighted by atomic mass is 16.5. The number of hydrogen-bond donors (Lipinski definition) is 1. The second kappa shape index (κ2) is 7.67. The smallest absolute Gasteiger partial charge is 0.160 e. The zero-order valence-electron chi connectivity index (χ0n) is 12.5. The molecule has 5 nitrogen and oxygen atoms in total. The molecule has 1 heterocycles.